The number of terminal acetylenes is 1. The Balaban J connectivity index is 4.25. The molecule has 0 aliphatic carbocycles. The van der Waals surface area contributed by atoms with Crippen LogP contribution in [-0.2, 0) is 19.4 Å². The maximum atomic E-state index is 11.4. The minimum Gasteiger partial charge on any atom is -0.465 e. The Morgan fingerprint density at radius 1 is 1.38 bits per heavy atom. The summed E-state index contributed by atoms with van der Waals surface area (Å²) >= 11 is 0. The molecule has 0 aliphatic rings. The number of hydrogen-bond donors (Lipinski definition) is 0. The van der Waals surface area contributed by atoms with Crippen molar-refractivity contribution in [3.05, 3.63) is 0 Å². The molecule has 1 atom stereocenters. The summed E-state index contributed by atoms with van der Waals surface area (Å²) in [4.78, 5) is 11.4. The lowest BCUT2D eigenvalue weighted by atomic mass is 10.1. The van der Waals surface area contributed by atoms with Crippen LogP contribution < -0.4 is 0 Å². The Labute approximate surface area is 97.3 Å². The van der Waals surface area contributed by atoms with Crippen LogP contribution in [0, 0.1) is 18.3 Å². The van der Waals surface area contributed by atoms with Crippen molar-refractivity contribution in [2.45, 2.75) is 32.4 Å². The zero-order valence-electron chi connectivity index (χ0n) is 9.89. The van der Waals surface area contributed by atoms with Gasteiger partial charge in [-0.2, -0.15) is 0 Å². The molecule has 0 heterocycles. The molecule has 5 heteroatoms. The summed E-state index contributed by atoms with van der Waals surface area (Å²) < 4.78 is 27.7. The first-order valence-corrected chi connectivity index (χ1v) is 6.84. The summed E-state index contributed by atoms with van der Waals surface area (Å²) in [6.07, 6.45) is 5.63. The predicted octanol–water partition coefficient (Wildman–Crippen LogP) is 1.01. The zero-order valence-corrected chi connectivity index (χ0v) is 10.7. The Bertz CT molecular complexity index is 362. The van der Waals surface area contributed by atoms with Gasteiger partial charge in [-0.3, -0.25) is 4.79 Å². The minimum atomic E-state index is -3.57. The van der Waals surface area contributed by atoms with Crippen molar-refractivity contribution in [2.75, 3.05) is 12.4 Å². The molecule has 1 unspecified atom stereocenters. The lowest BCUT2D eigenvalue weighted by Crippen LogP contribution is -2.31. The van der Waals surface area contributed by atoms with E-state index in [9.17, 15) is 13.2 Å². The zero-order chi connectivity index (χ0) is 12.8. The molecule has 0 aromatic heterocycles. The van der Waals surface area contributed by atoms with E-state index >= 15 is 0 Å². The number of ether oxygens (including phenoxy) is 1. The number of esters is 1. The fraction of sp³-hybridized carbons (Fsp3) is 0.727. The predicted molar refractivity (Wildman–Crippen MR) is 62.5 cm³/mol. The van der Waals surface area contributed by atoms with Crippen molar-refractivity contribution in [1.29, 1.82) is 0 Å². The molecule has 0 N–H and O–H groups in total. The molecule has 0 radical (unpaired) electrons. The van der Waals surface area contributed by atoms with Crippen molar-refractivity contribution in [1.82, 2.24) is 0 Å². The minimum absolute atomic E-state index is 0.242. The van der Waals surface area contributed by atoms with Gasteiger partial charge in [0.25, 0.3) is 0 Å². The van der Waals surface area contributed by atoms with Gasteiger partial charge in [0.05, 0.1) is 6.61 Å². The van der Waals surface area contributed by atoms with Crippen molar-refractivity contribution < 1.29 is 17.9 Å². The van der Waals surface area contributed by atoms with Crippen LogP contribution in [0.25, 0.3) is 0 Å². The Hall–Kier alpha value is -1.02. The van der Waals surface area contributed by atoms with Crippen LogP contribution in [0.15, 0.2) is 0 Å². The molecule has 0 bridgehead atoms. The molecule has 16 heavy (non-hydrogen) atoms. The van der Waals surface area contributed by atoms with Gasteiger partial charge in [0.1, 0.15) is 5.75 Å². The van der Waals surface area contributed by atoms with Crippen LogP contribution in [0.1, 0.15) is 27.2 Å². The van der Waals surface area contributed by atoms with Crippen molar-refractivity contribution in [3.63, 3.8) is 0 Å². The first kappa shape index (κ1) is 15.0. The highest BCUT2D eigenvalue weighted by Crippen LogP contribution is 2.06. The van der Waals surface area contributed by atoms with Crippen molar-refractivity contribution in [2.24, 2.45) is 5.92 Å². The van der Waals surface area contributed by atoms with E-state index < -0.39 is 26.8 Å². The fourth-order valence-corrected chi connectivity index (χ4v) is 1.74. The molecule has 4 nitrogen and oxygen atoms in total. The normalized spacial score (nSPS) is 13.2. The number of carbonyl (C=O) groups excluding carboxylic acids is 1. The second-order valence-electron chi connectivity index (χ2n) is 4.00. The van der Waals surface area contributed by atoms with E-state index in [2.05, 4.69) is 0 Å². The lowest BCUT2D eigenvalue weighted by Gasteiger charge is -2.11. The molecule has 0 spiro atoms. The van der Waals surface area contributed by atoms with Gasteiger partial charge >= 0.3 is 5.97 Å². The number of sulfone groups is 1. The highest BCUT2D eigenvalue weighted by atomic mass is 32.2. The smallest absolute Gasteiger partial charge is 0.324 e. The third-order valence-corrected chi connectivity index (χ3v) is 3.93. The average molecular weight is 246 g/mol. The summed E-state index contributed by atoms with van der Waals surface area (Å²) in [7, 11) is -3.57. The third-order valence-electron chi connectivity index (χ3n) is 2.09. The van der Waals surface area contributed by atoms with Gasteiger partial charge in [-0.1, -0.05) is 19.8 Å². The van der Waals surface area contributed by atoms with Gasteiger partial charge in [-0.25, -0.2) is 8.42 Å². The van der Waals surface area contributed by atoms with Crippen LogP contribution >= 0.6 is 0 Å². The van der Waals surface area contributed by atoms with E-state index in [0.717, 1.165) is 0 Å². The lowest BCUT2D eigenvalue weighted by molar-refractivity contribution is -0.143. The average Bonchev–Trinajstić information content (AvgIpc) is 2.15. The highest BCUT2D eigenvalue weighted by molar-refractivity contribution is 7.92. The maximum Gasteiger partial charge on any atom is 0.324 e. The van der Waals surface area contributed by atoms with Crippen LogP contribution in [0.4, 0.5) is 0 Å². The molecule has 0 aromatic carbocycles. The molecule has 0 rings (SSSR count). The van der Waals surface area contributed by atoms with E-state index in [1.54, 1.807) is 0 Å². The second kappa shape index (κ2) is 6.54. The Morgan fingerprint density at radius 2 is 1.94 bits per heavy atom. The second-order valence-corrected chi connectivity index (χ2v) is 6.33. The molecule has 0 aliphatic heterocycles. The van der Waals surface area contributed by atoms with E-state index in [1.165, 1.54) is 6.92 Å². The first-order valence-electron chi connectivity index (χ1n) is 5.13. The maximum absolute atomic E-state index is 11.4. The highest BCUT2D eigenvalue weighted by Gasteiger charge is 2.28. The standard InChI is InChI=1S/C11H18O4S/c1-5-8-16(13,14)10(4)11(12)15-7-6-9(2)3/h1,9-10H,6-8H2,2-4H3. The summed E-state index contributed by atoms with van der Waals surface area (Å²) in [5, 5.41) is -1.18. The molecule has 0 fully saturated rings. The Kier molecular flexibility index (Phi) is 6.12. The molecule has 0 aromatic rings. The quantitative estimate of drug-likeness (QED) is 0.518. The number of rotatable bonds is 6. The van der Waals surface area contributed by atoms with Gasteiger partial charge in [0.15, 0.2) is 15.1 Å². The molecule has 0 amide bonds. The molecule has 0 saturated carbocycles. The number of carbonyl (C=O) groups is 1. The largest absolute Gasteiger partial charge is 0.465 e. The Morgan fingerprint density at radius 3 is 2.38 bits per heavy atom. The van der Waals surface area contributed by atoms with Crippen LogP contribution in [0.2, 0.25) is 0 Å². The summed E-state index contributed by atoms with van der Waals surface area (Å²) in [6.45, 7) is 5.52. The summed E-state index contributed by atoms with van der Waals surface area (Å²) in [6, 6.07) is 0. The van der Waals surface area contributed by atoms with Crippen LogP contribution in [0.5, 0.6) is 0 Å². The van der Waals surface area contributed by atoms with Crippen molar-refractivity contribution in [3.8, 4) is 12.3 Å². The van der Waals surface area contributed by atoms with Crippen LogP contribution in [0.3, 0.4) is 0 Å². The van der Waals surface area contributed by atoms with Gasteiger partial charge < -0.3 is 4.74 Å². The van der Waals surface area contributed by atoms with E-state index in [-0.39, 0.29) is 6.61 Å². The fourth-order valence-electron chi connectivity index (χ4n) is 0.900. The SMILES string of the molecule is C#CCS(=O)(=O)C(C)C(=O)OCCC(C)C. The first-order chi connectivity index (χ1) is 7.31. The topological polar surface area (TPSA) is 60.4 Å². The molecule has 0 saturated heterocycles. The van der Waals surface area contributed by atoms with Gasteiger partial charge in [0, 0.05) is 0 Å². The van der Waals surface area contributed by atoms with Gasteiger partial charge in [-0.15, -0.1) is 6.42 Å². The molecular formula is C11H18O4S. The van der Waals surface area contributed by atoms with Crippen LogP contribution in [-0.4, -0.2) is 32.0 Å². The van der Waals surface area contributed by atoms with E-state index in [0.29, 0.717) is 12.3 Å². The van der Waals surface area contributed by atoms with Crippen molar-refractivity contribution >= 4 is 15.8 Å². The van der Waals surface area contributed by atoms with E-state index in [1.807, 2.05) is 19.8 Å². The number of hydrogen-bond acceptors (Lipinski definition) is 4. The molecule has 92 valence electrons. The summed E-state index contributed by atoms with van der Waals surface area (Å²) in [5.74, 6) is 1.27. The van der Waals surface area contributed by atoms with Gasteiger partial charge in [-0.05, 0) is 19.3 Å². The van der Waals surface area contributed by atoms with E-state index in [4.69, 9.17) is 11.2 Å². The van der Waals surface area contributed by atoms with Gasteiger partial charge in [0.2, 0.25) is 0 Å². The summed E-state index contributed by atoms with van der Waals surface area (Å²) in [5.41, 5.74) is 0. The third kappa shape index (κ3) is 5.17. The molecular weight excluding hydrogens is 228 g/mol. The monoisotopic (exact) mass is 246 g/mol.